The van der Waals surface area contributed by atoms with Crippen LogP contribution in [0.3, 0.4) is 0 Å². The number of ether oxygens (including phenoxy) is 1. The molecule has 1 heterocycles. The Kier molecular flexibility index (Phi) is 5.09. The monoisotopic (exact) mass is 292 g/mol. The summed E-state index contributed by atoms with van der Waals surface area (Å²) in [6.45, 7) is 2.13. The molecule has 112 valence electrons. The van der Waals surface area contributed by atoms with Gasteiger partial charge in [0, 0.05) is 31.7 Å². The first-order valence-electron chi connectivity index (χ1n) is 6.67. The number of morpholine rings is 1. The van der Waals surface area contributed by atoms with Crippen molar-refractivity contribution >= 4 is 17.3 Å². The van der Waals surface area contributed by atoms with E-state index in [1.54, 1.807) is 0 Å². The highest BCUT2D eigenvalue weighted by Crippen LogP contribution is 2.17. The van der Waals surface area contributed by atoms with Crippen LogP contribution < -0.4 is 11.1 Å². The first-order chi connectivity index (χ1) is 10.1. The summed E-state index contributed by atoms with van der Waals surface area (Å²) in [5.74, 6) is -0.812. The lowest BCUT2D eigenvalue weighted by Crippen LogP contribution is -2.42. The molecule has 3 N–H and O–H groups in total. The molecule has 1 unspecified atom stereocenters. The average Bonchev–Trinajstić information content (AvgIpc) is 2.49. The van der Waals surface area contributed by atoms with E-state index >= 15 is 0 Å². The largest absolute Gasteiger partial charge is 0.399 e. The number of nitriles is 1. The van der Waals surface area contributed by atoms with Crippen molar-refractivity contribution in [2.24, 2.45) is 0 Å². The number of carbonyl (C=O) groups is 1. The van der Waals surface area contributed by atoms with Gasteiger partial charge in [-0.3, -0.25) is 9.69 Å². The summed E-state index contributed by atoms with van der Waals surface area (Å²) in [5.41, 5.74) is 6.02. The minimum Gasteiger partial charge on any atom is -0.399 e. The maximum atomic E-state index is 13.5. The molecule has 0 aromatic heterocycles. The number of nitrogens with zero attached hydrogens (tertiary/aromatic N) is 2. The highest BCUT2D eigenvalue weighted by molar-refractivity contribution is 5.91. The number of amides is 1. The first-order valence-corrected chi connectivity index (χ1v) is 6.67. The van der Waals surface area contributed by atoms with Crippen molar-refractivity contribution in [2.75, 3.05) is 37.3 Å². The van der Waals surface area contributed by atoms with E-state index in [2.05, 4.69) is 5.32 Å². The smallest absolute Gasteiger partial charge is 0.225 e. The minimum absolute atomic E-state index is 0.0804. The van der Waals surface area contributed by atoms with Crippen molar-refractivity contribution in [3.05, 3.63) is 24.0 Å². The molecular weight excluding hydrogens is 275 g/mol. The molecule has 0 radical (unpaired) electrons. The van der Waals surface area contributed by atoms with Crippen LogP contribution in [-0.4, -0.2) is 43.2 Å². The van der Waals surface area contributed by atoms with Gasteiger partial charge in [-0.1, -0.05) is 0 Å². The summed E-state index contributed by atoms with van der Waals surface area (Å²) in [6, 6.07) is 6.07. The second-order valence-corrected chi connectivity index (χ2v) is 4.83. The van der Waals surface area contributed by atoms with Gasteiger partial charge in [-0.15, -0.1) is 0 Å². The van der Waals surface area contributed by atoms with Gasteiger partial charge in [0.25, 0.3) is 0 Å². The molecule has 0 saturated carbocycles. The standard InChI is InChI=1S/C14H17FN4O2/c15-12-2-1-10(17)7-13(12)18-14(20)3-4-19-5-6-21-11(8-16)9-19/h1-2,7,11H,3-6,9,17H2,(H,18,20). The summed E-state index contributed by atoms with van der Waals surface area (Å²) in [4.78, 5) is 13.8. The molecule has 1 aromatic carbocycles. The Labute approximate surface area is 122 Å². The topological polar surface area (TPSA) is 91.4 Å². The van der Waals surface area contributed by atoms with Crippen molar-refractivity contribution in [2.45, 2.75) is 12.5 Å². The van der Waals surface area contributed by atoms with Gasteiger partial charge >= 0.3 is 0 Å². The number of hydrogen-bond donors (Lipinski definition) is 2. The van der Waals surface area contributed by atoms with Crippen molar-refractivity contribution in [1.29, 1.82) is 5.26 Å². The third-order valence-electron chi connectivity index (χ3n) is 3.21. The van der Waals surface area contributed by atoms with Crippen LogP contribution in [0.1, 0.15) is 6.42 Å². The van der Waals surface area contributed by atoms with E-state index in [4.69, 9.17) is 15.7 Å². The number of nitrogens with one attached hydrogen (secondary N) is 1. The van der Waals surface area contributed by atoms with Gasteiger partial charge in [0.15, 0.2) is 6.10 Å². The Morgan fingerprint density at radius 3 is 3.19 bits per heavy atom. The first kappa shape index (κ1) is 15.2. The molecule has 2 rings (SSSR count). The Morgan fingerprint density at radius 1 is 1.62 bits per heavy atom. The molecule has 1 amide bonds. The SMILES string of the molecule is N#CC1CN(CCC(=O)Nc2cc(N)ccc2F)CCO1. The molecule has 1 saturated heterocycles. The molecule has 0 aliphatic carbocycles. The quantitative estimate of drug-likeness (QED) is 0.807. The van der Waals surface area contributed by atoms with E-state index in [1.165, 1.54) is 18.2 Å². The summed E-state index contributed by atoms with van der Waals surface area (Å²) in [5, 5.41) is 11.3. The number of nitrogens with two attached hydrogens (primary N) is 1. The fraction of sp³-hybridized carbons (Fsp3) is 0.429. The molecule has 0 spiro atoms. The van der Waals surface area contributed by atoms with Crippen molar-refractivity contribution in [3.8, 4) is 6.07 Å². The molecule has 1 atom stereocenters. The van der Waals surface area contributed by atoms with Crippen LogP contribution in [0.2, 0.25) is 0 Å². The van der Waals surface area contributed by atoms with Crippen LogP contribution in [0.5, 0.6) is 0 Å². The molecule has 1 fully saturated rings. The maximum Gasteiger partial charge on any atom is 0.225 e. The van der Waals surface area contributed by atoms with E-state index in [9.17, 15) is 9.18 Å². The zero-order valence-corrected chi connectivity index (χ0v) is 11.5. The van der Waals surface area contributed by atoms with Gasteiger partial charge in [0.05, 0.1) is 18.4 Å². The molecule has 1 aliphatic heterocycles. The Balaban J connectivity index is 1.82. The Hall–Kier alpha value is -2.17. The summed E-state index contributed by atoms with van der Waals surface area (Å²) in [6.07, 6.45) is -0.236. The van der Waals surface area contributed by atoms with Crippen LogP contribution in [0, 0.1) is 17.1 Å². The van der Waals surface area contributed by atoms with E-state index in [0.717, 1.165) is 0 Å². The third kappa shape index (κ3) is 4.41. The number of carbonyl (C=O) groups excluding carboxylic acids is 1. The van der Waals surface area contributed by atoms with Gasteiger partial charge in [-0.05, 0) is 18.2 Å². The van der Waals surface area contributed by atoms with E-state index in [0.29, 0.717) is 31.9 Å². The number of hydrogen-bond acceptors (Lipinski definition) is 5. The predicted molar refractivity (Wildman–Crippen MR) is 75.9 cm³/mol. The highest BCUT2D eigenvalue weighted by atomic mass is 19.1. The minimum atomic E-state index is -0.520. The number of rotatable bonds is 4. The van der Waals surface area contributed by atoms with Gasteiger partial charge in [-0.2, -0.15) is 5.26 Å². The molecule has 1 aliphatic rings. The van der Waals surface area contributed by atoms with Gasteiger partial charge in [0.1, 0.15) is 5.82 Å². The van der Waals surface area contributed by atoms with Crippen LogP contribution in [-0.2, 0) is 9.53 Å². The van der Waals surface area contributed by atoms with Crippen LogP contribution in [0.25, 0.3) is 0 Å². The second kappa shape index (κ2) is 7.02. The van der Waals surface area contributed by atoms with E-state index < -0.39 is 11.9 Å². The Bertz CT molecular complexity index is 558. The number of benzene rings is 1. The molecule has 6 nitrogen and oxygen atoms in total. The lowest BCUT2D eigenvalue weighted by molar-refractivity contribution is -0.116. The van der Waals surface area contributed by atoms with Gasteiger partial charge < -0.3 is 15.8 Å². The van der Waals surface area contributed by atoms with E-state index in [1.807, 2.05) is 11.0 Å². The highest BCUT2D eigenvalue weighted by Gasteiger charge is 2.20. The Morgan fingerprint density at radius 2 is 2.43 bits per heavy atom. The molecule has 1 aromatic rings. The molecule has 7 heteroatoms. The summed E-state index contributed by atoms with van der Waals surface area (Å²) >= 11 is 0. The normalized spacial score (nSPS) is 19.0. The number of anilines is 2. The fourth-order valence-electron chi connectivity index (χ4n) is 2.09. The van der Waals surface area contributed by atoms with Crippen molar-refractivity contribution in [3.63, 3.8) is 0 Å². The van der Waals surface area contributed by atoms with Crippen molar-refractivity contribution in [1.82, 2.24) is 4.90 Å². The van der Waals surface area contributed by atoms with Crippen LogP contribution in [0.15, 0.2) is 18.2 Å². The third-order valence-corrected chi connectivity index (χ3v) is 3.21. The van der Waals surface area contributed by atoms with Gasteiger partial charge in [-0.25, -0.2) is 4.39 Å². The van der Waals surface area contributed by atoms with Crippen LogP contribution >= 0.6 is 0 Å². The zero-order valence-electron chi connectivity index (χ0n) is 11.5. The number of halogens is 1. The summed E-state index contributed by atoms with van der Waals surface area (Å²) in [7, 11) is 0. The average molecular weight is 292 g/mol. The molecular formula is C14H17FN4O2. The lowest BCUT2D eigenvalue weighted by Gasteiger charge is -2.29. The maximum absolute atomic E-state index is 13.5. The second-order valence-electron chi connectivity index (χ2n) is 4.83. The lowest BCUT2D eigenvalue weighted by atomic mass is 10.2. The molecule has 21 heavy (non-hydrogen) atoms. The molecule has 0 bridgehead atoms. The fourth-order valence-corrected chi connectivity index (χ4v) is 2.09. The van der Waals surface area contributed by atoms with Crippen molar-refractivity contribution < 1.29 is 13.9 Å². The zero-order chi connectivity index (χ0) is 15.2. The summed E-state index contributed by atoms with van der Waals surface area (Å²) < 4.78 is 18.7. The predicted octanol–water partition coefficient (Wildman–Crippen LogP) is 0.961. The van der Waals surface area contributed by atoms with Crippen LogP contribution in [0.4, 0.5) is 15.8 Å². The van der Waals surface area contributed by atoms with E-state index in [-0.39, 0.29) is 18.0 Å². The number of nitrogen functional groups attached to an aromatic ring is 1. The van der Waals surface area contributed by atoms with Gasteiger partial charge in [0.2, 0.25) is 5.91 Å².